The zero-order valence-electron chi connectivity index (χ0n) is 12.4. The quantitative estimate of drug-likeness (QED) is 0.640. The highest BCUT2D eigenvalue weighted by molar-refractivity contribution is 5.95. The number of nitro groups is 1. The highest BCUT2D eigenvalue weighted by Crippen LogP contribution is 2.25. The van der Waals surface area contributed by atoms with E-state index in [-0.39, 0.29) is 35.3 Å². The van der Waals surface area contributed by atoms with E-state index < -0.39 is 4.92 Å². The fraction of sp³-hybridized carbons (Fsp3) is 0.385. The van der Waals surface area contributed by atoms with Gasteiger partial charge in [0.05, 0.1) is 11.5 Å². The normalized spacial score (nSPS) is 9.90. The number of hydrogen-bond donors (Lipinski definition) is 1. The first-order chi connectivity index (χ1) is 9.73. The smallest absolute Gasteiger partial charge is 0.293 e. The number of rotatable bonds is 5. The van der Waals surface area contributed by atoms with Crippen LogP contribution in [0.15, 0.2) is 18.2 Å². The van der Waals surface area contributed by atoms with Gasteiger partial charge >= 0.3 is 0 Å². The Kier molecular flexibility index (Phi) is 5.23. The summed E-state index contributed by atoms with van der Waals surface area (Å²) >= 11 is 0. The summed E-state index contributed by atoms with van der Waals surface area (Å²) in [5.74, 6) is -0.535. The van der Waals surface area contributed by atoms with Gasteiger partial charge in [-0.15, -0.1) is 0 Å². The van der Waals surface area contributed by atoms with E-state index in [0.717, 1.165) is 0 Å². The highest BCUT2D eigenvalue weighted by atomic mass is 16.6. The number of nitrogens with zero attached hydrogens (tertiary/aromatic N) is 3. The van der Waals surface area contributed by atoms with Gasteiger partial charge in [0, 0.05) is 39.8 Å². The standard InChI is InChI=1S/C13H18N4O4/c1-15(2)12(18)8-14-10-6-5-9(13(19)16(3)4)7-11(10)17(20)21/h5-7,14H,8H2,1-4H3. The lowest BCUT2D eigenvalue weighted by Gasteiger charge is -2.13. The third-order valence-corrected chi connectivity index (χ3v) is 2.78. The van der Waals surface area contributed by atoms with Crippen LogP contribution >= 0.6 is 0 Å². The zero-order valence-corrected chi connectivity index (χ0v) is 12.4. The number of carbonyl (C=O) groups excluding carboxylic acids is 2. The molecule has 0 aromatic heterocycles. The number of hydrogen-bond acceptors (Lipinski definition) is 5. The van der Waals surface area contributed by atoms with Crippen LogP contribution in [0.25, 0.3) is 0 Å². The second-order valence-corrected chi connectivity index (χ2v) is 4.83. The Balaban J connectivity index is 3.03. The minimum atomic E-state index is -0.588. The van der Waals surface area contributed by atoms with E-state index in [1.807, 2.05) is 0 Å². The van der Waals surface area contributed by atoms with Crippen molar-refractivity contribution in [3.8, 4) is 0 Å². The number of benzene rings is 1. The maximum absolute atomic E-state index is 11.8. The number of anilines is 1. The molecule has 0 aliphatic heterocycles. The van der Waals surface area contributed by atoms with Crippen LogP contribution in [0.5, 0.6) is 0 Å². The lowest BCUT2D eigenvalue weighted by molar-refractivity contribution is -0.384. The number of nitro benzene ring substituents is 1. The first kappa shape index (κ1) is 16.4. The number of carbonyl (C=O) groups is 2. The minimum absolute atomic E-state index is 0.0607. The second kappa shape index (κ2) is 6.69. The molecule has 114 valence electrons. The first-order valence-electron chi connectivity index (χ1n) is 6.18. The third kappa shape index (κ3) is 4.16. The van der Waals surface area contributed by atoms with Crippen molar-refractivity contribution in [3.05, 3.63) is 33.9 Å². The van der Waals surface area contributed by atoms with Gasteiger partial charge in [-0.2, -0.15) is 0 Å². The van der Waals surface area contributed by atoms with Crippen LogP contribution in [0.3, 0.4) is 0 Å². The highest BCUT2D eigenvalue weighted by Gasteiger charge is 2.19. The molecule has 2 amide bonds. The van der Waals surface area contributed by atoms with Crippen molar-refractivity contribution in [2.45, 2.75) is 0 Å². The lowest BCUT2D eigenvalue weighted by atomic mass is 10.1. The van der Waals surface area contributed by atoms with Gasteiger partial charge in [-0.3, -0.25) is 19.7 Å². The van der Waals surface area contributed by atoms with Gasteiger partial charge < -0.3 is 15.1 Å². The largest absolute Gasteiger partial charge is 0.371 e. The van der Waals surface area contributed by atoms with E-state index in [2.05, 4.69) is 5.32 Å². The van der Waals surface area contributed by atoms with E-state index >= 15 is 0 Å². The fourth-order valence-electron chi connectivity index (χ4n) is 1.55. The summed E-state index contributed by atoms with van der Waals surface area (Å²) in [6.07, 6.45) is 0. The molecule has 0 fully saturated rings. The fourth-order valence-corrected chi connectivity index (χ4v) is 1.55. The Hall–Kier alpha value is -2.64. The van der Waals surface area contributed by atoms with Crippen LogP contribution in [-0.2, 0) is 4.79 Å². The van der Waals surface area contributed by atoms with Crippen molar-refractivity contribution in [2.75, 3.05) is 40.1 Å². The van der Waals surface area contributed by atoms with Gasteiger partial charge in [-0.05, 0) is 12.1 Å². The van der Waals surface area contributed by atoms with Gasteiger partial charge in [-0.1, -0.05) is 0 Å². The average Bonchev–Trinajstić information content (AvgIpc) is 2.43. The first-order valence-corrected chi connectivity index (χ1v) is 6.18. The summed E-state index contributed by atoms with van der Waals surface area (Å²) in [6.45, 7) is -0.0607. The van der Waals surface area contributed by atoms with Crippen molar-refractivity contribution in [1.82, 2.24) is 9.80 Å². The predicted octanol–water partition coefficient (Wildman–Crippen LogP) is 0.797. The van der Waals surface area contributed by atoms with Crippen LogP contribution in [0, 0.1) is 10.1 Å². The lowest BCUT2D eigenvalue weighted by Crippen LogP contribution is -2.28. The Bertz CT molecular complexity index is 569. The molecule has 0 unspecified atom stereocenters. The Morgan fingerprint density at radius 3 is 2.29 bits per heavy atom. The molecule has 0 spiro atoms. The van der Waals surface area contributed by atoms with Gasteiger partial charge in [0.1, 0.15) is 5.69 Å². The molecule has 0 bridgehead atoms. The van der Waals surface area contributed by atoms with Gasteiger partial charge in [0.25, 0.3) is 11.6 Å². The van der Waals surface area contributed by atoms with E-state index in [9.17, 15) is 19.7 Å². The molecule has 0 saturated carbocycles. The summed E-state index contributed by atoms with van der Waals surface area (Å²) in [7, 11) is 6.32. The molecule has 0 aliphatic carbocycles. The molecule has 1 N–H and O–H groups in total. The topological polar surface area (TPSA) is 95.8 Å². The maximum atomic E-state index is 11.8. The van der Waals surface area contributed by atoms with Crippen LogP contribution in [-0.4, -0.2) is 61.3 Å². The molecule has 0 heterocycles. The van der Waals surface area contributed by atoms with Crippen molar-refractivity contribution < 1.29 is 14.5 Å². The van der Waals surface area contributed by atoms with Crippen molar-refractivity contribution >= 4 is 23.2 Å². The van der Waals surface area contributed by atoms with Gasteiger partial charge in [0.2, 0.25) is 5.91 Å². The Morgan fingerprint density at radius 1 is 1.19 bits per heavy atom. The molecule has 21 heavy (non-hydrogen) atoms. The summed E-state index contributed by atoms with van der Waals surface area (Å²) in [6, 6.07) is 4.11. The molecule has 8 heteroatoms. The minimum Gasteiger partial charge on any atom is -0.371 e. The van der Waals surface area contributed by atoms with Crippen molar-refractivity contribution in [1.29, 1.82) is 0 Å². The van der Waals surface area contributed by atoms with Crippen molar-refractivity contribution in [2.24, 2.45) is 0 Å². The van der Waals surface area contributed by atoms with Crippen LogP contribution in [0.4, 0.5) is 11.4 Å². The Labute approximate surface area is 122 Å². The van der Waals surface area contributed by atoms with E-state index in [0.29, 0.717) is 0 Å². The monoisotopic (exact) mass is 294 g/mol. The molecular formula is C13H18N4O4. The number of nitrogens with one attached hydrogen (secondary N) is 1. The molecule has 8 nitrogen and oxygen atoms in total. The van der Waals surface area contributed by atoms with Crippen LogP contribution in [0.2, 0.25) is 0 Å². The van der Waals surface area contributed by atoms with E-state index in [1.54, 1.807) is 28.2 Å². The van der Waals surface area contributed by atoms with Gasteiger partial charge in [0.15, 0.2) is 0 Å². The molecule has 1 rings (SSSR count). The maximum Gasteiger partial charge on any atom is 0.293 e. The summed E-state index contributed by atoms with van der Waals surface area (Å²) in [5.41, 5.74) is 0.177. The summed E-state index contributed by atoms with van der Waals surface area (Å²) < 4.78 is 0. The second-order valence-electron chi connectivity index (χ2n) is 4.83. The molecule has 0 radical (unpaired) electrons. The molecule has 1 aromatic carbocycles. The zero-order chi connectivity index (χ0) is 16.2. The van der Waals surface area contributed by atoms with Crippen LogP contribution < -0.4 is 5.32 Å². The molecule has 0 aliphatic rings. The third-order valence-electron chi connectivity index (χ3n) is 2.78. The van der Waals surface area contributed by atoms with E-state index in [1.165, 1.54) is 28.0 Å². The molecular weight excluding hydrogens is 276 g/mol. The summed E-state index contributed by atoms with van der Waals surface area (Å²) in [4.78, 5) is 36.5. The van der Waals surface area contributed by atoms with Gasteiger partial charge in [-0.25, -0.2) is 0 Å². The molecule has 1 aromatic rings. The average molecular weight is 294 g/mol. The summed E-state index contributed by atoms with van der Waals surface area (Å²) in [5, 5.41) is 13.8. The number of amides is 2. The molecule has 0 atom stereocenters. The molecule has 0 saturated heterocycles. The Morgan fingerprint density at radius 2 is 1.81 bits per heavy atom. The SMILES string of the molecule is CN(C)C(=O)CNc1ccc(C(=O)N(C)C)cc1[N+](=O)[O-]. The van der Waals surface area contributed by atoms with Crippen LogP contribution in [0.1, 0.15) is 10.4 Å². The van der Waals surface area contributed by atoms with Crippen molar-refractivity contribution in [3.63, 3.8) is 0 Å². The van der Waals surface area contributed by atoms with E-state index in [4.69, 9.17) is 0 Å². The predicted molar refractivity (Wildman–Crippen MR) is 78.3 cm³/mol. The number of likely N-dealkylation sites (N-methyl/N-ethyl adjacent to an activating group) is 1.